The van der Waals surface area contributed by atoms with Crippen molar-refractivity contribution in [3.63, 3.8) is 0 Å². The summed E-state index contributed by atoms with van der Waals surface area (Å²) in [5.74, 6) is 0. The zero-order valence-electron chi connectivity index (χ0n) is 12.9. The third-order valence-electron chi connectivity index (χ3n) is 3.67. The van der Waals surface area contributed by atoms with Crippen LogP contribution in [-0.4, -0.2) is 31.8 Å². The molecule has 1 unspecified atom stereocenters. The summed E-state index contributed by atoms with van der Waals surface area (Å²) in [5, 5.41) is 3.58. The normalized spacial score (nSPS) is 19.6. The average Bonchev–Trinajstić information content (AvgIpc) is 2.84. The summed E-state index contributed by atoms with van der Waals surface area (Å²) in [5.41, 5.74) is 2.79. The highest BCUT2D eigenvalue weighted by Gasteiger charge is 2.24. The highest BCUT2D eigenvalue weighted by Crippen LogP contribution is 2.28. The summed E-state index contributed by atoms with van der Waals surface area (Å²) in [6.07, 6.45) is 1.47. The van der Waals surface area contributed by atoms with E-state index in [4.69, 9.17) is 4.74 Å². The zero-order chi connectivity index (χ0) is 14.8. The van der Waals surface area contributed by atoms with Gasteiger partial charge in [0.1, 0.15) is 0 Å². The second kappa shape index (κ2) is 6.46. The van der Waals surface area contributed by atoms with Crippen molar-refractivity contribution in [3.05, 3.63) is 28.2 Å². The van der Waals surface area contributed by atoms with Gasteiger partial charge in [0.2, 0.25) is 0 Å². The molecule has 112 valence electrons. The lowest BCUT2D eigenvalue weighted by Gasteiger charge is -2.25. The lowest BCUT2D eigenvalue weighted by molar-refractivity contribution is 0.121. The Morgan fingerprint density at radius 2 is 2.15 bits per heavy atom. The first-order valence-electron chi connectivity index (χ1n) is 7.20. The van der Waals surface area contributed by atoms with E-state index < -0.39 is 0 Å². The Hall–Kier alpha value is -0.580. The van der Waals surface area contributed by atoms with Crippen LogP contribution in [0.5, 0.6) is 0 Å². The van der Waals surface area contributed by atoms with E-state index in [1.54, 1.807) is 7.11 Å². The number of benzene rings is 1. The number of halogens is 1. The molecule has 4 heteroatoms. The van der Waals surface area contributed by atoms with Gasteiger partial charge in [-0.3, -0.25) is 0 Å². The fourth-order valence-electron chi connectivity index (χ4n) is 2.50. The number of ether oxygens (including phenoxy) is 1. The van der Waals surface area contributed by atoms with Gasteiger partial charge in [0.25, 0.3) is 0 Å². The van der Waals surface area contributed by atoms with E-state index in [1.807, 2.05) is 0 Å². The maximum atomic E-state index is 5.47. The van der Waals surface area contributed by atoms with Crippen LogP contribution in [0.3, 0.4) is 0 Å². The predicted molar refractivity (Wildman–Crippen MR) is 88.4 cm³/mol. The fraction of sp³-hybridized carbons (Fsp3) is 0.625. The average molecular weight is 341 g/mol. The number of anilines is 1. The van der Waals surface area contributed by atoms with E-state index in [-0.39, 0.29) is 5.54 Å². The number of rotatable bonds is 4. The van der Waals surface area contributed by atoms with Crippen molar-refractivity contribution in [1.29, 1.82) is 0 Å². The van der Waals surface area contributed by atoms with Gasteiger partial charge in [-0.1, -0.05) is 15.9 Å². The van der Waals surface area contributed by atoms with E-state index in [1.165, 1.54) is 11.3 Å². The third-order valence-corrected chi connectivity index (χ3v) is 4.16. The van der Waals surface area contributed by atoms with Gasteiger partial charge < -0.3 is 15.0 Å². The molecule has 1 N–H and O–H groups in total. The van der Waals surface area contributed by atoms with Crippen LogP contribution in [0.1, 0.15) is 32.8 Å². The lowest BCUT2D eigenvalue weighted by atomic mass is 10.1. The zero-order valence-corrected chi connectivity index (χ0v) is 14.5. The van der Waals surface area contributed by atoms with Gasteiger partial charge >= 0.3 is 0 Å². The number of methoxy groups -OCH3 is 1. The Labute approximate surface area is 130 Å². The minimum absolute atomic E-state index is 0.125. The summed E-state index contributed by atoms with van der Waals surface area (Å²) < 4.78 is 6.61. The molecule has 0 saturated carbocycles. The number of hydrogen-bond acceptors (Lipinski definition) is 3. The Morgan fingerprint density at radius 3 is 2.75 bits per heavy atom. The molecule has 0 spiro atoms. The summed E-state index contributed by atoms with van der Waals surface area (Å²) in [6.45, 7) is 9.53. The Morgan fingerprint density at radius 1 is 1.40 bits per heavy atom. The Balaban J connectivity index is 2.16. The van der Waals surface area contributed by atoms with Crippen molar-refractivity contribution in [3.8, 4) is 0 Å². The first-order valence-corrected chi connectivity index (χ1v) is 7.99. The smallest absolute Gasteiger partial charge is 0.0762 e. The topological polar surface area (TPSA) is 24.5 Å². The van der Waals surface area contributed by atoms with Crippen molar-refractivity contribution in [2.75, 3.05) is 25.1 Å². The maximum absolute atomic E-state index is 5.47. The van der Waals surface area contributed by atoms with Crippen LogP contribution in [0.25, 0.3) is 0 Å². The van der Waals surface area contributed by atoms with E-state index in [0.717, 1.165) is 30.5 Å². The van der Waals surface area contributed by atoms with Gasteiger partial charge in [0, 0.05) is 42.4 Å². The standard InChI is InChI=1S/C16H25BrN2O/c1-16(2,3)18-10-12-9-13(17)5-6-15(12)19-8-7-14(11-19)20-4/h5-6,9,14,18H,7-8,10-11H2,1-4H3. The van der Waals surface area contributed by atoms with Gasteiger partial charge in [0.15, 0.2) is 0 Å². The largest absolute Gasteiger partial charge is 0.380 e. The third kappa shape index (κ3) is 4.21. The molecule has 0 radical (unpaired) electrons. The van der Waals surface area contributed by atoms with E-state index in [2.05, 4.69) is 65.1 Å². The second-order valence-electron chi connectivity index (χ2n) is 6.47. The number of nitrogens with one attached hydrogen (secondary N) is 1. The maximum Gasteiger partial charge on any atom is 0.0762 e. The van der Waals surface area contributed by atoms with E-state index in [0.29, 0.717) is 6.10 Å². The molecule has 1 aromatic rings. The van der Waals surface area contributed by atoms with Crippen LogP contribution in [0, 0.1) is 0 Å². The molecular weight excluding hydrogens is 316 g/mol. The van der Waals surface area contributed by atoms with E-state index in [9.17, 15) is 0 Å². The molecule has 1 fully saturated rings. The summed E-state index contributed by atoms with van der Waals surface area (Å²) in [6, 6.07) is 6.55. The molecule has 1 aliphatic rings. The Kier molecular flexibility index (Phi) is 5.10. The molecule has 1 aliphatic heterocycles. The second-order valence-corrected chi connectivity index (χ2v) is 7.38. The van der Waals surface area contributed by atoms with Crippen molar-refractivity contribution in [1.82, 2.24) is 5.32 Å². The minimum atomic E-state index is 0.125. The molecule has 0 aromatic heterocycles. The van der Waals surface area contributed by atoms with Gasteiger partial charge in [-0.05, 0) is 51.0 Å². The van der Waals surface area contributed by atoms with Gasteiger partial charge in [-0.15, -0.1) is 0 Å². The molecule has 0 amide bonds. The van der Waals surface area contributed by atoms with Gasteiger partial charge in [-0.2, -0.15) is 0 Å². The van der Waals surface area contributed by atoms with Gasteiger partial charge in [0.05, 0.1) is 6.10 Å². The summed E-state index contributed by atoms with van der Waals surface area (Å²) in [4.78, 5) is 2.43. The van der Waals surface area contributed by atoms with Crippen molar-refractivity contribution in [2.45, 2.75) is 45.4 Å². The minimum Gasteiger partial charge on any atom is -0.380 e. The molecule has 1 heterocycles. The molecule has 2 rings (SSSR count). The molecule has 3 nitrogen and oxygen atoms in total. The molecule has 1 atom stereocenters. The SMILES string of the molecule is COC1CCN(c2ccc(Br)cc2CNC(C)(C)C)C1. The highest BCUT2D eigenvalue weighted by atomic mass is 79.9. The van der Waals surface area contributed by atoms with Crippen LogP contribution in [-0.2, 0) is 11.3 Å². The summed E-state index contributed by atoms with van der Waals surface area (Å²) >= 11 is 3.58. The van der Waals surface area contributed by atoms with Crippen LogP contribution >= 0.6 is 15.9 Å². The fourth-order valence-corrected chi connectivity index (χ4v) is 2.91. The van der Waals surface area contributed by atoms with Crippen molar-refractivity contribution >= 4 is 21.6 Å². The highest BCUT2D eigenvalue weighted by molar-refractivity contribution is 9.10. The van der Waals surface area contributed by atoms with Crippen molar-refractivity contribution < 1.29 is 4.74 Å². The van der Waals surface area contributed by atoms with Crippen LogP contribution in [0.2, 0.25) is 0 Å². The monoisotopic (exact) mass is 340 g/mol. The first kappa shape index (κ1) is 15.8. The van der Waals surface area contributed by atoms with Crippen LogP contribution in [0.4, 0.5) is 5.69 Å². The first-order chi connectivity index (χ1) is 9.39. The number of nitrogens with zero attached hydrogens (tertiary/aromatic N) is 1. The quantitative estimate of drug-likeness (QED) is 0.906. The van der Waals surface area contributed by atoms with Crippen LogP contribution in [0.15, 0.2) is 22.7 Å². The Bertz CT molecular complexity index is 456. The van der Waals surface area contributed by atoms with Crippen LogP contribution < -0.4 is 10.2 Å². The predicted octanol–water partition coefficient (Wildman–Crippen LogP) is 3.56. The van der Waals surface area contributed by atoms with Crippen molar-refractivity contribution in [2.24, 2.45) is 0 Å². The van der Waals surface area contributed by atoms with Gasteiger partial charge in [-0.25, -0.2) is 0 Å². The molecule has 1 saturated heterocycles. The van der Waals surface area contributed by atoms with E-state index >= 15 is 0 Å². The molecule has 1 aromatic carbocycles. The molecule has 20 heavy (non-hydrogen) atoms. The molecule has 0 aliphatic carbocycles. The molecule has 0 bridgehead atoms. The summed E-state index contributed by atoms with van der Waals surface area (Å²) in [7, 11) is 1.80. The number of hydrogen-bond donors (Lipinski definition) is 1. The lowest BCUT2D eigenvalue weighted by Crippen LogP contribution is -2.35. The molecular formula is C16H25BrN2O.